The molecule has 6 nitrogen and oxygen atoms in total. The summed E-state index contributed by atoms with van der Waals surface area (Å²) >= 11 is 6.02. The largest absolute Gasteiger partial charge is 0.495 e. The van der Waals surface area contributed by atoms with E-state index in [1.807, 2.05) is 26.0 Å². The molecule has 156 valence electrons. The van der Waals surface area contributed by atoms with Crippen LogP contribution in [0.2, 0.25) is 5.02 Å². The molecule has 1 heterocycles. The highest BCUT2D eigenvalue weighted by molar-refractivity contribution is 6.35. The Bertz CT molecular complexity index is 1250. The van der Waals surface area contributed by atoms with E-state index in [1.54, 1.807) is 24.3 Å². The van der Waals surface area contributed by atoms with Gasteiger partial charge >= 0.3 is 0 Å². The van der Waals surface area contributed by atoms with Gasteiger partial charge in [0.25, 0.3) is 17.7 Å². The maximum atomic E-state index is 13.1. The molecule has 31 heavy (non-hydrogen) atoms. The van der Waals surface area contributed by atoms with Crippen molar-refractivity contribution < 1.29 is 19.1 Å². The van der Waals surface area contributed by atoms with Gasteiger partial charge in [-0.25, -0.2) is 4.90 Å². The number of ether oxygens (including phenoxy) is 1. The van der Waals surface area contributed by atoms with E-state index in [2.05, 4.69) is 5.32 Å². The van der Waals surface area contributed by atoms with Crippen molar-refractivity contribution in [2.24, 2.45) is 0 Å². The zero-order valence-electron chi connectivity index (χ0n) is 17.2. The van der Waals surface area contributed by atoms with Crippen molar-refractivity contribution in [3.63, 3.8) is 0 Å². The minimum absolute atomic E-state index is 0.191. The molecule has 0 spiro atoms. The Morgan fingerprint density at radius 1 is 0.935 bits per heavy atom. The van der Waals surface area contributed by atoms with Gasteiger partial charge in [-0.1, -0.05) is 23.7 Å². The van der Waals surface area contributed by atoms with Crippen molar-refractivity contribution in [3.05, 3.63) is 87.4 Å². The second-order valence-electron chi connectivity index (χ2n) is 7.29. The van der Waals surface area contributed by atoms with E-state index in [9.17, 15) is 14.4 Å². The van der Waals surface area contributed by atoms with Gasteiger partial charge in [0.1, 0.15) is 5.75 Å². The van der Waals surface area contributed by atoms with Crippen LogP contribution in [0.25, 0.3) is 0 Å². The number of hydrogen-bond acceptors (Lipinski definition) is 4. The van der Waals surface area contributed by atoms with Gasteiger partial charge < -0.3 is 10.1 Å². The second kappa shape index (κ2) is 7.89. The van der Waals surface area contributed by atoms with Crippen molar-refractivity contribution in [2.75, 3.05) is 17.3 Å². The molecular formula is C24H19ClN2O4. The molecule has 0 aromatic heterocycles. The lowest BCUT2D eigenvalue weighted by Gasteiger charge is -2.17. The quantitative estimate of drug-likeness (QED) is 0.585. The molecule has 0 saturated carbocycles. The van der Waals surface area contributed by atoms with Gasteiger partial charge in [0.15, 0.2) is 0 Å². The van der Waals surface area contributed by atoms with E-state index >= 15 is 0 Å². The first-order chi connectivity index (χ1) is 14.8. The van der Waals surface area contributed by atoms with E-state index in [0.29, 0.717) is 22.1 Å². The first kappa shape index (κ1) is 20.6. The summed E-state index contributed by atoms with van der Waals surface area (Å²) in [7, 11) is 1.49. The second-order valence-corrected chi connectivity index (χ2v) is 7.73. The van der Waals surface area contributed by atoms with Gasteiger partial charge in [-0.3, -0.25) is 14.4 Å². The van der Waals surface area contributed by atoms with Crippen molar-refractivity contribution in [1.82, 2.24) is 0 Å². The van der Waals surface area contributed by atoms with Gasteiger partial charge in [-0.15, -0.1) is 0 Å². The highest BCUT2D eigenvalue weighted by Gasteiger charge is 2.37. The van der Waals surface area contributed by atoms with Crippen molar-refractivity contribution in [2.45, 2.75) is 13.8 Å². The summed E-state index contributed by atoms with van der Waals surface area (Å²) in [5, 5.41) is 3.18. The van der Waals surface area contributed by atoms with Crippen LogP contribution in [0.15, 0.2) is 54.6 Å². The highest BCUT2D eigenvalue weighted by atomic mass is 35.5. The first-order valence-corrected chi connectivity index (χ1v) is 9.93. The van der Waals surface area contributed by atoms with E-state index < -0.39 is 17.7 Å². The first-order valence-electron chi connectivity index (χ1n) is 9.55. The molecule has 0 fully saturated rings. The maximum absolute atomic E-state index is 13.1. The lowest BCUT2D eigenvalue weighted by molar-refractivity contribution is 0.0925. The monoisotopic (exact) mass is 434 g/mol. The molecule has 3 amide bonds. The van der Waals surface area contributed by atoms with Crippen LogP contribution in [0, 0.1) is 13.8 Å². The molecule has 0 saturated heterocycles. The lowest BCUT2D eigenvalue weighted by Crippen LogP contribution is -2.30. The van der Waals surface area contributed by atoms with Gasteiger partial charge in [0, 0.05) is 10.6 Å². The molecule has 7 heteroatoms. The van der Waals surface area contributed by atoms with Gasteiger partial charge in [-0.2, -0.15) is 0 Å². The lowest BCUT2D eigenvalue weighted by atomic mass is 10.1. The molecule has 1 N–H and O–H groups in total. The Hall–Kier alpha value is -3.64. The Morgan fingerprint density at radius 3 is 2.42 bits per heavy atom. The van der Waals surface area contributed by atoms with Crippen LogP contribution in [0.1, 0.15) is 42.2 Å². The fraction of sp³-hybridized carbons (Fsp3) is 0.125. The zero-order valence-corrected chi connectivity index (χ0v) is 17.9. The van der Waals surface area contributed by atoms with Crippen LogP contribution in [-0.2, 0) is 0 Å². The summed E-state index contributed by atoms with van der Waals surface area (Å²) in [4.78, 5) is 40.0. The average molecular weight is 435 g/mol. The molecule has 1 aliphatic rings. The predicted octanol–water partition coefficient (Wildman–Crippen LogP) is 5.02. The Balaban J connectivity index is 1.67. The van der Waals surface area contributed by atoms with E-state index in [4.69, 9.17) is 16.3 Å². The standard InChI is InChI=1S/C24H19ClN2O4/c1-13-4-5-14(2)20(10-13)27-23(29)17-8-6-15(11-18(17)24(27)30)22(28)26-19-12-16(25)7-9-21(19)31-3/h4-12H,1-3H3,(H,26,28). The maximum Gasteiger partial charge on any atom is 0.266 e. The minimum Gasteiger partial charge on any atom is -0.495 e. The number of fused-ring (bicyclic) bond motifs is 1. The van der Waals surface area contributed by atoms with Crippen LogP contribution >= 0.6 is 11.6 Å². The molecule has 1 aliphatic heterocycles. The summed E-state index contributed by atoms with van der Waals surface area (Å²) < 4.78 is 5.25. The summed E-state index contributed by atoms with van der Waals surface area (Å²) in [6.07, 6.45) is 0. The number of anilines is 2. The summed E-state index contributed by atoms with van der Waals surface area (Å²) in [5.74, 6) is -0.860. The number of aryl methyl sites for hydroxylation is 2. The van der Waals surface area contributed by atoms with E-state index in [-0.39, 0.29) is 16.7 Å². The highest BCUT2D eigenvalue weighted by Crippen LogP contribution is 2.32. The third kappa shape index (κ3) is 3.66. The number of halogens is 1. The SMILES string of the molecule is COc1ccc(Cl)cc1NC(=O)c1ccc2c(c1)C(=O)N(c1cc(C)ccc1C)C2=O. The van der Waals surface area contributed by atoms with Crippen molar-refractivity contribution in [3.8, 4) is 5.75 Å². The van der Waals surface area contributed by atoms with E-state index in [0.717, 1.165) is 16.0 Å². The molecule has 4 rings (SSSR count). The summed E-state index contributed by atoms with van der Waals surface area (Å²) in [5.41, 5.74) is 3.39. The molecule has 0 radical (unpaired) electrons. The fourth-order valence-corrected chi connectivity index (χ4v) is 3.71. The number of rotatable bonds is 4. The Morgan fingerprint density at radius 2 is 1.68 bits per heavy atom. The normalized spacial score (nSPS) is 12.7. The molecule has 0 aliphatic carbocycles. The van der Waals surface area contributed by atoms with Crippen LogP contribution in [0.5, 0.6) is 5.75 Å². The predicted molar refractivity (Wildman–Crippen MR) is 119 cm³/mol. The smallest absolute Gasteiger partial charge is 0.266 e. The van der Waals surface area contributed by atoms with E-state index in [1.165, 1.54) is 25.3 Å². The molecule has 0 bridgehead atoms. The number of amides is 3. The summed E-state index contributed by atoms with van der Waals surface area (Å²) in [6, 6.07) is 14.9. The molecule has 3 aromatic rings. The number of carbonyl (C=O) groups excluding carboxylic acids is 3. The van der Waals surface area contributed by atoms with Crippen LogP contribution in [0.3, 0.4) is 0 Å². The zero-order chi connectivity index (χ0) is 22.3. The van der Waals surface area contributed by atoms with Crippen LogP contribution < -0.4 is 15.0 Å². The number of nitrogens with zero attached hydrogens (tertiary/aromatic N) is 1. The summed E-state index contributed by atoms with van der Waals surface area (Å²) in [6.45, 7) is 3.74. The topological polar surface area (TPSA) is 75.7 Å². The Kier molecular flexibility index (Phi) is 5.25. The number of nitrogens with one attached hydrogen (secondary N) is 1. The number of benzene rings is 3. The van der Waals surface area contributed by atoms with Crippen LogP contribution in [0.4, 0.5) is 11.4 Å². The third-order valence-corrected chi connectivity index (χ3v) is 5.40. The molecule has 0 atom stereocenters. The molecular weight excluding hydrogens is 416 g/mol. The third-order valence-electron chi connectivity index (χ3n) is 5.16. The number of carbonyl (C=O) groups is 3. The fourth-order valence-electron chi connectivity index (χ4n) is 3.53. The average Bonchev–Trinajstić information content (AvgIpc) is 3.00. The van der Waals surface area contributed by atoms with Gasteiger partial charge in [-0.05, 0) is 67.4 Å². The van der Waals surface area contributed by atoms with Crippen molar-refractivity contribution in [1.29, 1.82) is 0 Å². The number of methoxy groups -OCH3 is 1. The molecule has 0 unspecified atom stereocenters. The van der Waals surface area contributed by atoms with Gasteiger partial charge in [0.05, 0.1) is 29.6 Å². The number of imide groups is 1. The minimum atomic E-state index is -0.455. The Labute approximate surface area is 184 Å². The number of hydrogen-bond donors (Lipinski definition) is 1. The van der Waals surface area contributed by atoms with Gasteiger partial charge in [0.2, 0.25) is 0 Å². The molecule has 3 aromatic carbocycles. The van der Waals surface area contributed by atoms with Crippen LogP contribution in [-0.4, -0.2) is 24.8 Å². The van der Waals surface area contributed by atoms with Crippen molar-refractivity contribution >= 4 is 40.7 Å².